The number of halogens is 3. The van der Waals surface area contributed by atoms with Gasteiger partial charge in [0.25, 0.3) is 0 Å². The van der Waals surface area contributed by atoms with E-state index in [1.807, 2.05) is 4.68 Å². The van der Waals surface area contributed by atoms with E-state index in [9.17, 15) is 9.18 Å². The molecule has 27 heavy (non-hydrogen) atoms. The first-order valence-electron chi connectivity index (χ1n) is 9.22. The first kappa shape index (κ1) is 17.6. The highest BCUT2D eigenvalue weighted by molar-refractivity contribution is 9.10. The van der Waals surface area contributed by atoms with Crippen LogP contribution in [-0.4, -0.2) is 20.7 Å². The van der Waals surface area contributed by atoms with Crippen LogP contribution < -0.4 is 5.32 Å². The number of hydrogen-bond acceptors (Lipinski definition) is 3. The van der Waals surface area contributed by atoms with Crippen molar-refractivity contribution >= 4 is 39.1 Å². The Morgan fingerprint density at radius 3 is 2.67 bits per heavy atom. The molecule has 4 aliphatic rings. The molecule has 4 bridgehead atoms. The smallest absolute Gasteiger partial charge is 0.230 e. The van der Waals surface area contributed by atoms with E-state index in [0.29, 0.717) is 22.3 Å². The van der Waals surface area contributed by atoms with Crippen molar-refractivity contribution in [2.24, 2.45) is 17.3 Å². The van der Waals surface area contributed by atoms with Gasteiger partial charge in [-0.3, -0.25) is 4.79 Å². The van der Waals surface area contributed by atoms with Crippen molar-refractivity contribution in [1.29, 1.82) is 0 Å². The summed E-state index contributed by atoms with van der Waals surface area (Å²) in [6, 6.07) is 4.32. The number of aromatic nitrogens is 3. The third kappa shape index (κ3) is 2.81. The van der Waals surface area contributed by atoms with Crippen molar-refractivity contribution in [3.05, 3.63) is 40.1 Å². The van der Waals surface area contributed by atoms with Gasteiger partial charge in [0.05, 0.1) is 16.0 Å². The lowest BCUT2D eigenvalue weighted by Gasteiger charge is -2.60. The molecule has 4 saturated carbocycles. The van der Waals surface area contributed by atoms with Crippen molar-refractivity contribution in [1.82, 2.24) is 14.8 Å². The van der Waals surface area contributed by atoms with Gasteiger partial charge in [-0.1, -0.05) is 11.6 Å². The van der Waals surface area contributed by atoms with Crippen molar-refractivity contribution in [2.75, 3.05) is 5.32 Å². The van der Waals surface area contributed by atoms with E-state index in [0.717, 1.165) is 32.1 Å². The predicted octanol–water partition coefficient (Wildman–Crippen LogP) is 4.77. The maximum absolute atomic E-state index is 13.4. The second kappa shape index (κ2) is 6.01. The van der Waals surface area contributed by atoms with Gasteiger partial charge in [0.2, 0.25) is 10.6 Å². The molecule has 8 heteroatoms. The van der Waals surface area contributed by atoms with Crippen molar-refractivity contribution < 1.29 is 9.18 Å². The van der Waals surface area contributed by atoms with E-state index in [1.165, 1.54) is 18.6 Å². The summed E-state index contributed by atoms with van der Waals surface area (Å²) >= 11 is 9.22. The number of nitrogens with one attached hydrogen (secondary N) is 1. The van der Waals surface area contributed by atoms with Crippen LogP contribution in [0.25, 0.3) is 0 Å². The minimum atomic E-state index is -0.486. The molecule has 5 nitrogen and oxygen atoms in total. The first-order chi connectivity index (χ1) is 12.9. The van der Waals surface area contributed by atoms with Crippen LogP contribution in [0.4, 0.5) is 10.1 Å². The normalized spacial score (nSPS) is 34.0. The van der Waals surface area contributed by atoms with Crippen LogP contribution in [0, 0.1) is 23.1 Å². The molecule has 1 aromatic carbocycles. The molecule has 4 fully saturated rings. The Morgan fingerprint density at radius 1 is 1.30 bits per heavy atom. The molecule has 4 aliphatic carbocycles. The van der Waals surface area contributed by atoms with Crippen molar-refractivity contribution in [2.45, 2.75) is 44.1 Å². The Balaban J connectivity index is 1.46. The molecular formula is C19H19BrClFN4O. The molecule has 2 aromatic rings. The molecule has 0 saturated heterocycles. The molecule has 1 heterocycles. The fraction of sp³-hybridized carbons (Fsp3) is 0.526. The number of anilines is 1. The van der Waals surface area contributed by atoms with Crippen LogP contribution in [0.15, 0.2) is 29.3 Å². The summed E-state index contributed by atoms with van der Waals surface area (Å²) in [6.45, 7) is 0. The zero-order valence-electron chi connectivity index (χ0n) is 14.6. The number of benzene rings is 1. The Morgan fingerprint density at radius 2 is 2.04 bits per heavy atom. The SMILES string of the molecule is O=C(Nc1ccc(F)c(Cl)c1)C12C[C@H]3C[C@H](C1)CC(n1cnc(Br)n1)(C3)C2. The molecular weight excluding hydrogens is 435 g/mol. The van der Waals surface area contributed by atoms with Gasteiger partial charge in [0.1, 0.15) is 12.1 Å². The Bertz CT molecular complexity index is 918. The molecule has 1 aromatic heterocycles. The lowest BCUT2D eigenvalue weighted by Crippen LogP contribution is -2.60. The van der Waals surface area contributed by atoms with E-state index < -0.39 is 11.2 Å². The summed E-state index contributed by atoms with van der Waals surface area (Å²) in [4.78, 5) is 17.6. The number of hydrogen-bond donors (Lipinski definition) is 1. The van der Waals surface area contributed by atoms with Gasteiger partial charge >= 0.3 is 0 Å². The second-order valence-electron chi connectivity index (χ2n) is 8.51. The number of carbonyl (C=O) groups is 1. The number of rotatable bonds is 3. The number of nitrogens with zero attached hydrogens (tertiary/aromatic N) is 3. The minimum absolute atomic E-state index is 0.0160. The highest BCUT2D eigenvalue weighted by Gasteiger charge is 2.61. The Hall–Kier alpha value is -1.47. The molecule has 0 aliphatic heterocycles. The summed E-state index contributed by atoms with van der Waals surface area (Å²) in [5.74, 6) is 0.580. The third-order valence-electron chi connectivity index (χ3n) is 6.64. The topological polar surface area (TPSA) is 59.8 Å². The van der Waals surface area contributed by atoms with Crippen LogP contribution in [0.2, 0.25) is 5.02 Å². The van der Waals surface area contributed by atoms with Gasteiger partial charge in [0.15, 0.2) is 0 Å². The predicted molar refractivity (Wildman–Crippen MR) is 103 cm³/mol. The largest absolute Gasteiger partial charge is 0.326 e. The van der Waals surface area contributed by atoms with Gasteiger partial charge in [-0.05, 0) is 84.5 Å². The van der Waals surface area contributed by atoms with Gasteiger partial charge < -0.3 is 5.32 Å². The third-order valence-corrected chi connectivity index (χ3v) is 7.29. The summed E-state index contributed by atoms with van der Waals surface area (Å²) < 4.78 is 16.0. The van der Waals surface area contributed by atoms with E-state index >= 15 is 0 Å². The van der Waals surface area contributed by atoms with Crippen molar-refractivity contribution in [3.8, 4) is 0 Å². The van der Waals surface area contributed by atoms with Crippen LogP contribution in [-0.2, 0) is 10.3 Å². The van der Waals surface area contributed by atoms with E-state index in [4.69, 9.17) is 11.6 Å². The Kier molecular flexibility index (Phi) is 3.92. The summed E-state index contributed by atoms with van der Waals surface area (Å²) in [6.07, 6.45) is 7.65. The standard InChI is InChI=1S/C19H19BrClFN4O/c20-17-23-10-26(25-17)19-7-11-3-12(8-19)6-18(5-11,9-19)16(27)24-13-1-2-15(22)14(21)4-13/h1-2,4,10-12H,3,5-9H2,(H,24,27)/t11-,12-,18?,19?/m1/s1. The molecule has 1 amide bonds. The molecule has 1 N–H and O–H groups in total. The first-order valence-corrected chi connectivity index (χ1v) is 10.4. The highest BCUT2D eigenvalue weighted by atomic mass is 79.9. The van der Waals surface area contributed by atoms with E-state index in [1.54, 1.807) is 12.4 Å². The summed E-state index contributed by atoms with van der Waals surface area (Å²) in [5.41, 5.74) is -0.00995. The summed E-state index contributed by atoms with van der Waals surface area (Å²) in [7, 11) is 0. The minimum Gasteiger partial charge on any atom is -0.326 e. The molecule has 142 valence electrons. The van der Waals surface area contributed by atoms with Gasteiger partial charge in [-0.25, -0.2) is 14.1 Å². The lowest BCUT2D eigenvalue weighted by molar-refractivity contribution is -0.150. The zero-order valence-corrected chi connectivity index (χ0v) is 16.9. The van der Waals surface area contributed by atoms with Gasteiger partial charge in [-0.2, -0.15) is 0 Å². The maximum Gasteiger partial charge on any atom is 0.230 e. The van der Waals surface area contributed by atoms with Crippen LogP contribution in [0.5, 0.6) is 0 Å². The zero-order chi connectivity index (χ0) is 18.8. The number of amides is 1. The molecule has 2 atom stereocenters. The van der Waals surface area contributed by atoms with Gasteiger partial charge in [0, 0.05) is 5.69 Å². The monoisotopic (exact) mass is 452 g/mol. The molecule has 0 radical (unpaired) electrons. The average molecular weight is 454 g/mol. The molecule has 0 spiro atoms. The van der Waals surface area contributed by atoms with Crippen LogP contribution >= 0.6 is 27.5 Å². The number of carbonyl (C=O) groups excluding carboxylic acids is 1. The van der Waals surface area contributed by atoms with Crippen molar-refractivity contribution in [3.63, 3.8) is 0 Å². The molecule has 0 unspecified atom stereocenters. The molecule has 6 rings (SSSR count). The van der Waals surface area contributed by atoms with Crippen LogP contribution in [0.3, 0.4) is 0 Å². The maximum atomic E-state index is 13.4. The van der Waals surface area contributed by atoms with Crippen LogP contribution in [0.1, 0.15) is 38.5 Å². The van der Waals surface area contributed by atoms with Gasteiger partial charge in [-0.15, -0.1) is 5.10 Å². The quantitative estimate of drug-likeness (QED) is 0.728. The lowest BCUT2D eigenvalue weighted by atomic mass is 9.46. The Labute approximate surface area is 169 Å². The van der Waals surface area contributed by atoms with E-state index in [-0.39, 0.29) is 16.5 Å². The summed E-state index contributed by atoms with van der Waals surface area (Å²) in [5, 5.41) is 7.54. The average Bonchev–Trinajstić information content (AvgIpc) is 3.04. The fourth-order valence-corrected chi connectivity index (χ4v) is 6.50. The van der Waals surface area contributed by atoms with E-state index in [2.05, 4.69) is 31.3 Å². The highest BCUT2D eigenvalue weighted by Crippen LogP contribution is 2.64. The fourth-order valence-electron chi connectivity index (χ4n) is 6.06. The second-order valence-corrected chi connectivity index (χ2v) is 9.62.